The van der Waals surface area contributed by atoms with Crippen LogP contribution in [-0.4, -0.2) is 16.9 Å². The third-order valence-corrected chi connectivity index (χ3v) is 5.48. The fourth-order valence-electron chi connectivity index (χ4n) is 3.42. The molecule has 5 heteroatoms. The zero-order valence-corrected chi connectivity index (χ0v) is 15.7. The maximum Gasteiger partial charge on any atom is 0.303 e. The van der Waals surface area contributed by atoms with Gasteiger partial charge in [0.25, 0.3) is 0 Å². The lowest BCUT2D eigenvalue weighted by Crippen LogP contribution is -2.13. The van der Waals surface area contributed by atoms with Crippen molar-refractivity contribution in [3.63, 3.8) is 0 Å². The predicted molar refractivity (Wildman–Crippen MR) is 102 cm³/mol. The molecule has 2 rings (SSSR count). The summed E-state index contributed by atoms with van der Waals surface area (Å²) in [6.07, 6.45) is 10.2. The first kappa shape index (κ1) is 20.0. The first-order chi connectivity index (χ1) is 12.0. The first-order valence-electron chi connectivity index (χ1n) is 8.85. The summed E-state index contributed by atoms with van der Waals surface area (Å²) in [7, 11) is 0. The van der Waals surface area contributed by atoms with Crippen LogP contribution in [0.1, 0.15) is 56.9 Å². The van der Waals surface area contributed by atoms with Crippen molar-refractivity contribution in [3.8, 4) is 0 Å². The summed E-state index contributed by atoms with van der Waals surface area (Å²) in [5.41, 5.74) is 0.803. The molecule has 0 aliphatic heterocycles. The van der Waals surface area contributed by atoms with Gasteiger partial charge < -0.3 is 5.11 Å². The summed E-state index contributed by atoms with van der Waals surface area (Å²) in [5, 5.41) is 9.86. The Morgan fingerprint density at radius 2 is 1.84 bits per heavy atom. The first-order valence-corrected chi connectivity index (χ1v) is 9.61. The van der Waals surface area contributed by atoms with Gasteiger partial charge in [-0.3, -0.25) is 9.59 Å². The molecule has 136 valence electrons. The second kappa shape index (κ2) is 9.98. The van der Waals surface area contributed by atoms with Crippen LogP contribution in [0.3, 0.4) is 0 Å². The van der Waals surface area contributed by atoms with Gasteiger partial charge in [0.1, 0.15) is 5.78 Å². The van der Waals surface area contributed by atoms with Crippen LogP contribution >= 0.6 is 23.2 Å². The van der Waals surface area contributed by atoms with E-state index in [-0.39, 0.29) is 18.3 Å². The topological polar surface area (TPSA) is 54.4 Å². The monoisotopic (exact) mass is 382 g/mol. The molecule has 1 aromatic carbocycles. The lowest BCUT2D eigenvalue weighted by atomic mass is 9.89. The molecule has 1 N–H and O–H groups in total. The van der Waals surface area contributed by atoms with Crippen LogP contribution in [0.5, 0.6) is 0 Å². The van der Waals surface area contributed by atoms with Crippen LogP contribution in [0.4, 0.5) is 0 Å². The highest BCUT2D eigenvalue weighted by Gasteiger charge is 2.32. The SMILES string of the molecule is O=C(O)CCCCCCC1C(=O)CCC1C=Cc1c(Cl)cccc1Cl. The molecular weight excluding hydrogens is 359 g/mol. The standard InChI is InChI=1S/C20H24Cl2O3/c21-17-7-5-8-18(22)16(17)12-10-14-11-13-19(23)15(14)6-3-1-2-4-9-20(24)25/h5,7-8,10,12,14-15H,1-4,6,9,11,13H2,(H,24,25). The van der Waals surface area contributed by atoms with E-state index in [1.807, 2.05) is 24.3 Å². The molecule has 1 fully saturated rings. The fourth-order valence-corrected chi connectivity index (χ4v) is 3.95. The normalized spacial score (nSPS) is 20.5. The highest BCUT2D eigenvalue weighted by atomic mass is 35.5. The largest absolute Gasteiger partial charge is 0.481 e. The number of ketones is 1. The van der Waals surface area contributed by atoms with Gasteiger partial charge in [-0.1, -0.05) is 60.7 Å². The molecule has 0 heterocycles. The average molecular weight is 383 g/mol. The summed E-state index contributed by atoms with van der Waals surface area (Å²) in [4.78, 5) is 22.7. The van der Waals surface area contributed by atoms with Crippen molar-refractivity contribution >= 4 is 41.0 Å². The number of allylic oxidation sites excluding steroid dienone is 1. The number of hydrogen-bond donors (Lipinski definition) is 1. The third-order valence-electron chi connectivity index (χ3n) is 4.82. The molecular formula is C20H24Cl2O3. The molecule has 3 nitrogen and oxygen atoms in total. The van der Waals surface area contributed by atoms with Gasteiger partial charge in [-0.2, -0.15) is 0 Å². The van der Waals surface area contributed by atoms with Crippen LogP contribution in [0, 0.1) is 11.8 Å². The molecule has 1 saturated carbocycles. The number of rotatable bonds is 9. The van der Waals surface area contributed by atoms with Gasteiger partial charge in [0.2, 0.25) is 0 Å². The van der Waals surface area contributed by atoms with E-state index in [2.05, 4.69) is 6.08 Å². The minimum absolute atomic E-state index is 0.0667. The van der Waals surface area contributed by atoms with E-state index >= 15 is 0 Å². The summed E-state index contributed by atoms with van der Waals surface area (Å²) >= 11 is 12.4. The zero-order chi connectivity index (χ0) is 18.2. The Labute approximate surface area is 159 Å². The molecule has 0 spiro atoms. The third kappa shape index (κ3) is 6.16. The van der Waals surface area contributed by atoms with E-state index in [0.29, 0.717) is 28.7 Å². The predicted octanol–water partition coefficient (Wildman–Crippen LogP) is 6.03. The van der Waals surface area contributed by atoms with Crippen LogP contribution in [0.15, 0.2) is 24.3 Å². The molecule has 1 aromatic rings. The molecule has 0 radical (unpaired) electrons. The number of benzene rings is 1. The van der Waals surface area contributed by atoms with Gasteiger partial charge in [0.05, 0.1) is 0 Å². The Bertz CT molecular complexity index is 620. The van der Waals surface area contributed by atoms with Gasteiger partial charge in [0.15, 0.2) is 0 Å². The molecule has 0 amide bonds. The van der Waals surface area contributed by atoms with Crippen LogP contribution in [0.2, 0.25) is 10.0 Å². The quantitative estimate of drug-likeness (QED) is 0.530. The lowest BCUT2D eigenvalue weighted by molar-refractivity contribution is -0.137. The highest BCUT2D eigenvalue weighted by Crippen LogP contribution is 2.35. The smallest absolute Gasteiger partial charge is 0.303 e. The number of aliphatic carboxylic acids is 1. The van der Waals surface area contributed by atoms with Crippen molar-refractivity contribution < 1.29 is 14.7 Å². The molecule has 1 aliphatic rings. The minimum Gasteiger partial charge on any atom is -0.481 e. The Hall–Kier alpha value is -1.32. The van der Waals surface area contributed by atoms with E-state index in [1.54, 1.807) is 0 Å². The van der Waals surface area contributed by atoms with Crippen molar-refractivity contribution in [2.24, 2.45) is 11.8 Å². The van der Waals surface area contributed by atoms with Gasteiger partial charge in [0, 0.05) is 34.4 Å². The van der Waals surface area contributed by atoms with Gasteiger partial charge in [-0.15, -0.1) is 0 Å². The molecule has 0 saturated heterocycles. The van der Waals surface area contributed by atoms with Crippen molar-refractivity contribution in [1.29, 1.82) is 0 Å². The number of carbonyl (C=O) groups is 2. The number of hydrogen-bond acceptors (Lipinski definition) is 2. The zero-order valence-electron chi connectivity index (χ0n) is 14.2. The van der Waals surface area contributed by atoms with E-state index in [1.165, 1.54) is 0 Å². The maximum atomic E-state index is 12.2. The van der Waals surface area contributed by atoms with Crippen molar-refractivity contribution in [2.75, 3.05) is 0 Å². The number of halogens is 2. The summed E-state index contributed by atoms with van der Waals surface area (Å²) in [5.74, 6) is -0.101. The van der Waals surface area contributed by atoms with Crippen molar-refractivity contribution in [1.82, 2.24) is 0 Å². The van der Waals surface area contributed by atoms with Crippen molar-refractivity contribution in [3.05, 3.63) is 39.9 Å². The summed E-state index contributed by atoms with van der Waals surface area (Å²) in [6, 6.07) is 5.43. The molecule has 0 aromatic heterocycles. The average Bonchev–Trinajstić information content (AvgIpc) is 2.90. The Kier molecular flexibility index (Phi) is 7.98. The number of unbranched alkanes of at least 4 members (excludes halogenated alkanes) is 3. The Morgan fingerprint density at radius 1 is 1.16 bits per heavy atom. The summed E-state index contributed by atoms with van der Waals surface area (Å²) < 4.78 is 0. The molecule has 2 unspecified atom stereocenters. The second-order valence-electron chi connectivity index (χ2n) is 6.62. The molecule has 0 bridgehead atoms. The summed E-state index contributed by atoms with van der Waals surface area (Å²) in [6.45, 7) is 0. The van der Waals surface area contributed by atoms with E-state index < -0.39 is 5.97 Å². The number of carbonyl (C=O) groups excluding carboxylic acids is 1. The number of Topliss-reactive ketones (excluding diaryl/α,β-unsaturated/α-hetero) is 1. The van der Waals surface area contributed by atoms with E-state index in [4.69, 9.17) is 28.3 Å². The van der Waals surface area contributed by atoms with E-state index in [0.717, 1.165) is 37.7 Å². The fraction of sp³-hybridized carbons (Fsp3) is 0.500. The van der Waals surface area contributed by atoms with Crippen LogP contribution in [-0.2, 0) is 9.59 Å². The lowest BCUT2D eigenvalue weighted by Gasteiger charge is -2.15. The van der Waals surface area contributed by atoms with Gasteiger partial charge >= 0.3 is 5.97 Å². The van der Waals surface area contributed by atoms with Gasteiger partial charge in [-0.25, -0.2) is 0 Å². The second-order valence-corrected chi connectivity index (χ2v) is 7.43. The maximum absolute atomic E-state index is 12.2. The Balaban J connectivity index is 1.86. The van der Waals surface area contributed by atoms with Crippen LogP contribution in [0.25, 0.3) is 6.08 Å². The van der Waals surface area contributed by atoms with E-state index in [9.17, 15) is 9.59 Å². The van der Waals surface area contributed by atoms with Gasteiger partial charge in [-0.05, 0) is 37.3 Å². The molecule has 25 heavy (non-hydrogen) atoms. The van der Waals surface area contributed by atoms with Crippen molar-refractivity contribution in [2.45, 2.75) is 51.4 Å². The Morgan fingerprint density at radius 3 is 2.52 bits per heavy atom. The number of carboxylic acid groups (broad SMARTS) is 1. The number of carboxylic acids is 1. The molecule has 2 atom stereocenters. The highest BCUT2D eigenvalue weighted by molar-refractivity contribution is 6.37. The molecule has 1 aliphatic carbocycles. The minimum atomic E-state index is -0.741. The van der Waals surface area contributed by atoms with Crippen LogP contribution < -0.4 is 0 Å².